The highest BCUT2D eigenvalue weighted by atomic mass is 35.5. The molecular weight excluding hydrogens is 265 g/mol. The normalized spacial score (nSPS) is 11.1. The van der Waals surface area contributed by atoms with Gasteiger partial charge in [-0.2, -0.15) is 0 Å². The maximum atomic E-state index is 13.5. The molecule has 2 aromatic carbocycles. The molecule has 3 rings (SSSR count). The summed E-state index contributed by atoms with van der Waals surface area (Å²) < 4.78 is 15.3. The number of aryl methyl sites for hydroxylation is 1. The van der Waals surface area contributed by atoms with Crippen LogP contribution in [0.15, 0.2) is 36.4 Å². The van der Waals surface area contributed by atoms with Gasteiger partial charge >= 0.3 is 0 Å². The number of nitrogens with zero attached hydrogens (tertiary/aromatic N) is 2. The topological polar surface area (TPSA) is 43.8 Å². The molecule has 0 unspecified atom stereocenters. The number of hydrogen-bond donors (Lipinski definition) is 1. The van der Waals surface area contributed by atoms with Crippen LogP contribution in [0, 0.1) is 12.7 Å². The van der Waals surface area contributed by atoms with Crippen molar-refractivity contribution >= 4 is 28.6 Å². The number of imidazole rings is 1. The van der Waals surface area contributed by atoms with E-state index in [1.807, 2.05) is 12.1 Å². The Labute approximate surface area is 114 Å². The number of fused-ring (bicyclic) bond motifs is 1. The van der Waals surface area contributed by atoms with Gasteiger partial charge in [0.2, 0.25) is 5.95 Å². The van der Waals surface area contributed by atoms with E-state index in [1.165, 1.54) is 6.07 Å². The van der Waals surface area contributed by atoms with Crippen LogP contribution < -0.4 is 5.73 Å². The number of anilines is 1. The summed E-state index contributed by atoms with van der Waals surface area (Å²) in [5, 5.41) is 0.647. The molecule has 0 fully saturated rings. The standard InChI is InChI=1S/C14H11ClFN3/c1-8-6-13-12(7-11(8)16)18-14(17)19(13)10-4-2-9(15)3-5-10/h2-7H,1H3,(H2,17,18). The van der Waals surface area contributed by atoms with Gasteiger partial charge in [0.15, 0.2) is 0 Å². The first-order valence-corrected chi connectivity index (χ1v) is 6.14. The quantitative estimate of drug-likeness (QED) is 0.736. The van der Waals surface area contributed by atoms with E-state index in [1.54, 1.807) is 29.7 Å². The Morgan fingerprint density at radius 3 is 2.58 bits per heavy atom. The van der Waals surface area contributed by atoms with Crippen molar-refractivity contribution in [3.63, 3.8) is 0 Å². The SMILES string of the molecule is Cc1cc2c(cc1F)nc(N)n2-c1ccc(Cl)cc1. The molecule has 0 aliphatic heterocycles. The van der Waals surface area contributed by atoms with Gasteiger partial charge < -0.3 is 5.73 Å². The molecule has 0 bridgehead atoms. The summed E-state index contributed by atoms with van der Waals surface area (Å²) >= 11 is 5.87. The third-order valence-electron chi connectivity index (χ3n) is 3.05. The molecule has 0 spiro atoms. The van der Waals surface area contributed by atoms with Crippen molar-refractivity contribution < 1.29 is 4.39 Å². The van der Waals surface area contributed by atoms with Gasteiger partial charge in [-0.25, -0.2) is 9.37 Å². The second kappa shape index (κ2) is 4.24. The summed E-state index contributed by atoms with van der Waals surface area (Å²) in [5.41, 5.74) is 8.64. The van der Waals surface area contributed by atoms with Crippen molar-refractivity contribution in [3.8, 4) is 5.69 Å². The number of halogens is 2. The zero-order valence-corrected chi connectivity index (χ0v) is 10.9. The fourth-order valence-electron chi connectivity index (χ4n) is 2.08. The van der Waals surface area contributed by atoms with E-state index in [2.05, 4.69) is 4.98 Å². The summed E-state index contributed by atoms with van der Waals surface area (Å²) in [7, 11) is 0. The molecule has 0 saturated heterocycles. The fraction of sp³-hybridized carbons (Fsp3) is 0.0714. The van der Waals surface area contributed by atoms with Crippen LogP contribution in [-0.2, 0) is 0 Å². The second-order valence-corrected chi connectivity index (χ2v) is 4.81. The van der Waals surface area contributed by atoms with Gasteiger partial charge in [-0.05, 0) is 42.8 Å². The van der Waals surface area contributed by atoms with E-state index >= 15 is 0 Å². The zero-order valence-electron chi connectivity index (χ0n) is 10.2. The van der Waals surface area contributed by atoms with Gasteiger partial charge in [-0.3, -0.25) is 4.57 Å². The maximum absolute atomic E-state index is 13.5. The lowest BCUT2D eigenvalue weighted by molar-refractivity contribution is 0.620. The maximum Gasteiger partial charge on any atom is 0.205 e. The molecule has 96 valence electrons. The minimum atomic E-state index is -0.284. The van der Waals surface area contributed by atoms with Crippen molar-refractivity contribution in [1.29, 1.82) is 0 Å². The lowest BCUT2D eigenvalue weighted by Gasteiger charge is -2.07. The average molecular weight is 276 g/mol. The van der Waals surface area contributed by atoms with Gasteiger partial charge in [0.1, 0.15) is 5.82 Å². The van der Waals surface area contributed by atoms with Crippen LogP contribution in [0.2, 0.25) is 5.02 Å². The summed E-state index contributed by atoms with van der Waals surface area (Å²) in [4.78, 5) is 4.18. The average Bonchev–Trinajstić information content (AvgIpc) is 2.67. The van der Waals surface area contributed by atoms with Crippen LogP contribution in [0.3, 0.4) is 0 Å². The van der Waals surface area contributed by atoms with Crippen molar-refractivity contribution in [2.75, 3.05) is 5.73 Å². The van der Waals surface area contributed by atoms with Gasteiger partial charge in [-0.15, -0.1) is 0 Å². The lowest BCUT2D eigenvalue weighted by Crippen LogP contribution is -2.00. The van der Waals surface area contributed by atoms with Gasteiger partial charge in [0, 0.05) is 16.8 Å². The van der Waals surface area contributed by atoms with Crippen LogP contribution >= 0.6 is 11.6 Å². The number of nitrogens with two attached hydrogens (primary N) is 1. The first-order chi connectivity index (χ1) is 9.06. The molecule has 0 saturated carbocycles. The molecule has 0 aliphatic rings. The summed E-state index contributed by atoms with van der Waals surface area (Å²) in [5.74, 6) is 0.0376. The largest absolute Gasteiger partial charge is 0.369 e. The molecule has 3 aromatic rings. The molecule has 0 amide bonds. The Morgan fingerprint density at radius 2 is 1.89 bits per heavy atom. The highest BCUT2D eigenvalue weighted by Crippen LogP contribution is 2.26. The summed E-state index contributed by atoms with van der Waals surface area (Å²) in [6.45, 7) is 1.71. The van der Waals surface area contributed by atoms with E-state index in [-0.39, 0.29) is 5.82 Å². The Kier molecular flexibility index (Phi) is 2.68. The minimum Gasteiger partial charge on any atom is -0.369 e. The predicted molar refractivity (Wildman–Crippen MR) is 75.2 cm³/mol. The smallest absolute Gasteiger partial charge is 0.205 e. The van der Waals surface area contributed by atoms with Gasteiger partial charge in [-0.1, -0.05) is 11.6 Å². The molecule has 0 aliphatic carbocycles. The van der Waals surface area contributed by atoms with E-state index in [0.29, 0.717) is 22.1 Å². The molecule has 5 heteroatoms. The molecule has 3 nitrogen and oxygen atoms in total. The molecular formula is C14H11ClFN3. The van der Waals surface area contributed by atoms with E-state index in [0.717, 1.165) is 11.2 Å². The number of rotatable bonds is 1. The highest BCUT2D eigenvalue weighted by Gasteiger charge is 2.12. The second-order valence-electron chi connectivity index (χ2n) is 4.37. The molecule has 19 heavy (non-hydrogen) atoms. The van der Waals surface area contributed by atoms with Crippen LogP contribution in [0.25, 0.3) is 16.7 Å². The first-order valence-electron chi connectivity index (χ1n) is 5.76. The predicted octanol–water partition coefficient (Wildman–Crippen LogP) is 3.71. The number of hydrogen-bond acceptors (Lipinski definition) is 2. The van der Waals surface area contributed by atoms with E-state index in [9.17, 15) is 4.39 Å². The highest BCUT2D eigenvalue weighted by molar-refractivity contribution is 6.30. The Morgan fingerprint density at radius 1 is 1.21 bits per heavy atom. The van der Waals surface area contributed by atoms with Crippen molar-refractivity contribution in [1.82, 2.24) is 9.55 Å². The van der Waals surface area contributed by atoms with Gasteiger partial charge in [0.25, 0.3) is 0 Å². The van der Waals surface area contributed by atoms with Crippen LogP contribution in [0.4, 0.5) is 10.3 Å². The third kappa shape index (κ3) is 1.94. The van der Waals surface area contributed by atoms with E-state index in [4.69, 9.17) is 17.3 Å². The molecule has 1 aromatic heterocycles. The Hall–Kier alpha value is -2.07. The minimum absolute atomic E-state index is 0.284. The van der Waals surface area contributed by atoms with E-state index < -0.39 is 0 Å². The molecule has 0 radical (unpaired) electrons. The van der Waals surface area contributed by atoms with Gasteiger partial charge in [0.05, 0.1) is 11.0 Å². The number of aromatic nitrogens is 2. The Balaban J connectivity index is 2.31. The fourth-order valence-corrected chi connectivity index (χ4v) is 2.21. The number of benzene rings is 2. The monoisotopic (exact) mass is 275 g/mol. The first kappa shape index (κ1) is 12.0. The molecule has 0 atom stereocenters. The van der Waals surface area contributed by atoms with Crippen LogP contribution in [0.5, 0.6) is 0 Å². The Bertz CT molecular complexity index is 762. The van der Waals surface area contributed by atoms with Crippen molar-refractivity contribution in [3.05, 3.63) is 52.8 Å². The molecule has 2 N–H and O–H groups in total. The van der Waals surface area contributed by atoms with Crippen molar-refractivity contribution in [2.24, 2.45) is 0 Å². The van der Waals surface area contributed by atoms with Crippen LogP contribution in [0.1, 0.15) is 5.56 Å². The lowest BCUT2D eigenvalue weighted by atomic mass is 10.2. The third-order valence-corrected chi connectivity index (χ3v) is 3.30. The zero-order chi connectivity index (χ0) is 13.6. The number of nitrogen functional groups attached to an aromatic ring is 1. The summed E-state index contributed by atoms with van der Waals surface area (Å²) in [6, 6.07) is 10.4. The molecule has 1 heterocycles. The van der Waals surface area contributed by atoms with Crippen LogP contribution in [-0.4, -0.2) is 9.55 Å². The summed E-state index contributed by atoms with van der Waals surface area (Å²) in [6.07, 6.45) is 0. The van der Waals surface area contributed by atoms with Crippen molar-refractivity contribution in [2.45, 2.75) is 6.92 Å².